The van der Waals surface area contributed by atoms with Crippen LogP contribution in [0, 0.1) is 5.92 Å². The van der Waals surface area contributed by atoms with Crippen LogP contribution in [0.25, 0.3) is 0 Å². The molecule has 3 nitrogen and oxygen atoms in total. The Morgan fingerprint density at radius 3 is 2.78 bits per heavy atom. The maximum Gasteiger partial charge on any atom is 0.230 e. The van der Waals surface area contributed by atoms with Crippen LogP contribution in [0.4, 0.5) is 0 Å². The minimum Gasteiger partial charge on any atom is -0.396 e. The summed E-state index contributed by atoms with van der Waals surface area (Å²) in [6, 6.07) is 10.1. The minimum absolute atomic E-state index is 0.0701. The number of nitrogens with one attached hydrogen (secondary N) is 1. The lowest BCUT2D eigenvalue weighted by atomic mass is 10.1. The summed E-state index contributed by atoms with van der Waals surface area (Å²) in [4.78, 5) is 11.5. The molecule has 0 bridgehead atoms. The third-order valence-corrected chi connectivity index (χ3v) is 3.62. The molecule has 1 atom stereocenters. The first-order chi connectivity index (χ1) is 8.72. The van der Waals surface area contributed by atoms with Gasteiger partial charge in [0.15, 0.2) is 0 Å². The largest absolute Gasteiger partial charge is 0.396 e. The molecule has 0 radical (unpaired) electrons. The number of carbonyl (C=O) groups excluding carboxylic acids is 1. The van der Waals surface area contributed by atoms with E-state index in [-0.39, 0.29) is 12.5 Å². The van der Waals surface area contributed by atoms with Crippen molar-refractivity contribution in [3.8, 4) is 0 Å². The van der Waals surface area contributed by atoms with Gasteiger partial charge in [-0.2, -0.15) is 0 Å². The Kier molecular flexibility index (Phi) is 7.53. The average molecular weight is 267 g/mol. The van der Waals surface area contributed by atoms with Crippen LogP contribution in [0.15, 0.2) is 30.3 Å². The van der Waals surface area contributed by atoms with Crippen molar-refractivity contribution in [3.05, 3.63) is 35.9 Å². The molecule has 0 saturated heterocycles. The molecule has 0 fully saturated rings. The Balaban J connectivity index is 2.10. The highest BCUT2D eigenvalue weighted by Crippen LogP contribution is 2.11. The van der Waals surface area contributed by atoms with E-state index in [0.29, 0.717) is 18.2 Å². The van der Waals surface area contributed by atoms with E-state index in [1.54, 1.807) is 11.8 Å². The van der Waals surface area contributed by atoms with E-state index in [0.717, 1.165) is 12.2 Å². The lowest BCUT2D eigenvalue weighted by molar-refractivity contribution is -0.118. The summed E-state index contributed by atoms with van der Waals surface area (Å²) < 4.78 is 0. The van der Waals surface area contributed by atoms with Crippen LogP contribution in [-0.4, -0.2) is 29.9 Å². The quantitative estimate of drug-likeness (QED) is 0.758. The third kappa shape index (κ3) is 6.67. The molecule has 0 aliphatic rings. The second-order valence-electron chi connectivity index (χ2n) is 4.40. The molecule has 100 valence electrons. The Morgan fingerprint density at radius 2 is 2.11 bits per heavy atom. The van der Waals surface area contributed by atoms with Crippen LogP contribution in [0.5, 0.6) is 0 Å². The summed E-state index contributed by atoms with van der Waals surface area (Å²) in [5, 5.41) is 11.6. The summed E-state index contributed by atoms with van der Waals surface area (Å²) in [6.07, 6.45) is 0.734. The molecule has 0 aliphatic carbocycles. The number of rotatable bonds is 8. The van der Waals surface area contributed by atoms with Crippen molar-refractivity contribution in [2.75, 3.05) is 18.9 Å². The summed E-state index contributed by atoms with van der Waals surface area (Å²) in [5.74, 6) is 1.75. The SMILES string of the molecule is CC(CCO)CNC(=O)CSCc1ccccc1. The van der Waals surface area contributed by atoms with Crippen LogP contribution in [-0.2, 0) is 10.5 Å². The highest BCUT2D eigenvalue weighted by molar-refractivity contribution is 7.99. The lowest BCUT2D eigenvalue weighted by Gasteiger charge is -2.10. The Labute approximate surface area is 113 Å². The number of aliphatic hydroxyl groups is 1. The zero-order chi connectivity index (χ0) is 13.2. The van der Waals surface area contributed by atoms with Gasteiger partial charge in [-0.15, -0.1) is 11.8 Å². The van der Waals surface area contributed by atoms with Crippen LogP contribution in [0.3, 0.4) is 0 Å². The fourth-order valence-corrected chi connectivity index (χ4v) is 2.32. The lowest BCUT2D eigenvalue weighted by Crippen LogP contribution is -2.30. The minimum atomic E-state index is 0.0701. The van der Waals surface area contributed by atoms with Gasteiger partial charge >= 0.3 is 0 Å². The topological polar surface area (TPSA) is 49.3 Å². The number of thioether (sulfide) groups is 1. The van der Waals surface area contributed by atoms with Gasteiger partial charge < -0.3 is 10.4 Å². The molecule has 2 N–H and O–H groups in total. The van der Waals surface area contributed by atoms with Crippen molar-refractivity contribution in [1.29, 1.82) is 0 Å². The van der Waals surface area contributed by atoms with E-state index in [2.05, 4.69) is 17.4 Å². The van der Waals surface area contributed by atoms with Crippen LogP contribution in [0.2, 0.25) is 0 Å². The van der Waals surface area contributed by atoms with Gasteiger partial charge in [0.25, 0.3) is 0 Å². The van der Waals surface area contributed by atoms with Crippen molar-refractivity contribution >= 4 is 17.7 Å². The first kappa shape index (κ1) is 15.1. The molecule has 18 heavy (non-hydrogen) atoms. The number of benzene rings is 1. The molecular weight excluding hydrogens is 246 g/mol. The van der Waals surface area contributed by atoms with Crippen molar-refractivity contribution in [3.63, 3.8) is 0 Å². The molecule has 0 saturated carbocycles. The van der Waals surface area contributed by atoms with Gasteiger partial charge in [-0.05, 0) is 17.9 Å². The van der Waals surface area contributed by atoms with Gasteiger partial charge in [-0.25, -0.2) is 0 Å². The molecule has 0 spiro atoms. The Morgan fingerprint density at radius 1 is 1.39 bits per heavy atom. The molecule has 0 aromatic heterocycles. The number of hydrogen-bond acceptors (Lipinski definition) is 3. The molecule has 1 amide bonds. The zero-order valence-electron chi connectivity index (χ0n) is 10.8. The summed E-state index contributed by atoms with van der Waals surface area (Å²) in [6.45, 7) is 2.85. The van der Waals surface area contributed by atoms with Gasteiger partial charge in [-0.3, -0.25) is 4.79 Å². The predicted molar refractivity (Wildman–Crippen MR) is 76.5 cm³/mol. The van der Waals surface area contributed by atoms with Crippen molar-refractivity contribution in [1.82, 2.24) is 5.32 Å². The molecule has 4 heteroatoms. The molecule has 1 aromatic carbocycles. The molecule has 1 rings (SSSR count). The predicted octanol–water partition coefficient (Wildman–Crippen LogP) is 2.05. The van der Waals surface area contributed by atoms with Gasteiger partial charge in [0.05, 0.1) is 5.75 Å². The standard InChI is InChI=1S/C14H21NO2S/c1-12(7-8-16)9-15-14(17)11-18-10-13-5-3-2-4-6-13/h2-6,12,16H,7-11H2,1H3,(H,15,17). The van der Waals surface area contributed by atoms with E-state index >= 15 is 0 Å². The van der Waals surface area contributed by atoms with E-state index in [1.165, 1.54) is 5.56 Å². The summed E-state index contributed by atoms with van der Waals surface area (Å²) in [5.41, 5.74) is 1.24. The van der Waals surface area contributed by atoms with E-state index in [4.69, 9.17) is 5.11 Å². The fourth-order valence-electron chi connectivity index (χ4n) is 1.50. The Hall–Kier alpha value is -1.00. The Bertz CT molecular complexity index is 343. The second kappa shape index (κ2) is 9.00. The van der Waals surface area contributed by atoms with E-state index in [9.17, 15) is 4.79 Å². The van der Waals surface area contributed by atoms with Crippen molar-refractivity contribution in [2.24, 2.45) is 5.92 Å². The van der Waals surface area contributed by atoms with Crippen molar-refractivity contribution < 1.29 is 9.90 Å². The average Bonchev–Trinajstić information content (AvgIpc) is 2.38. The monoisotopic (exact) mass is 267 g/mol. The van der Waals surface area contributed by atoms with Gasteiger partial charge in [0, 0.05) is 18.9 Å². The number of carbonyl (C=O) groups is 1. The first-order valence-corrected chi connectivity index (χ1v) is 7.37. The normalized spacial score (nSPS) is 12.1. The van der Waals surface area contributed by atoms with Crippen LogP contribution in [0.1, 0.15) is 18.9 Å². The van der Waals surface area contributed by atoms with E-state index < -0.39 is 0 Å². The second-order valence-corrected chi connectivity index (χ2v) is 5.39. The maximum atomic E-state index is 11.5. The van der Waals surface area contributed by atoms with Gasteiger partial charge in [0.2, 0.25) is 5.91 Å². The van der Waals surface area contributed by atoms with Crippen LogP contribution >= 0.6 is 11.8 Å². The number of hydrogen-bond donors (Lipinski definition) is 2. The maximum absolute atomic E-state index is 11.5. The molecular formula is C14H21NO2S. The summed E-state index contributed by atoms with van der Waals surface area (Å²) in [7, 11) is 0. The molecule has 1 aromatic rings. The zero-order valence-corrected chi connectivity index (χ0v) is 11.6. The smallest absolute Gasteiger partial charge is 0.230 e. The number of aliphatic hydroxyl groups excluding tert-OH is 1. The molecule has 0 aliphatic heterocycles. The number of amides is 1. The van der Waals surface area contributed by atoms with E-state index in [1.807, 2.05) is 25.1 Å². The molecule has 1 unspecified atom stereocenters. The first-order valence-electron chi connectivity index (χ1n) is 6.21. The van der Waals surface area contributed by atoms with Gasteiger partial charge in [-0.1, -0.05) is 37.3 Å². The summed E-state index contributed by atoms with van der Waals surface area (Å²) >= 11 is 1.62. The van der Waals surface area contributed by atoms with Crippen molar-refractivity contribution in [2.45, 2.75) is 19.1 Å². The van der Waals surface area contributed by atoms with Gasteiger partial charge in [0.1, 0.15) is 0 Å². The highest BCUT2D eigenvalue weighted by atomic mass is 32.2. The highest BCUT2D eigenvalue weighted by Gasteiger charge is 2.05. The molecule has 0 heterocycles. The third-order valence-electron chi connectivity index (χ3n) is 2.61. The fraction of sp³-hybridized carbons (Fsp3) is 0.500. The van der Waals surface area contributed by atoms with Crippen LogP contribution < -0.4 is 5.32 Å².